The molecule has 2 fully saturated rings. The number of methoxy groups -OCH3 is 2. The van der Waals surface area contributed by atoms with Gasteiger partial charge in [0.2, 0.25) is 11.8 Å². The minimum Gasteiger partial charge on any atom is -0.497 e. The van der Waals surface area contributed by atoms with Crippen LogP contribution in [-0.2, 0) is 9.59 Å². The van der Waals surface area contributed by atoms with Gasteiger partial charge in [0.1, 0.15) is 16.7 Å². The number of rotatable bonds is 7. The van der Waals surface area contributed by atoms with Crippen molar-refractivity contribution in [1.29, 1.82) is 0 Å². The van der Waals surface area contributed by atoms with E-state index >= 15 is 0 Å². The Bertz CT molecular complexity index is 1110. The van der Waals surface area contributed by atoms with Crippen LogP contribution in [0.2, 0.25) is 0 Å². The highest BCUT2D eigenvalue weighted by Crippen LogP contribution is 2.38. The van der Waals surface area contributed by atoms with E-state index in [1.807, 2.05) is 24.0 Å². The fourth-order valence-electron chi connectivity index (χ4n) is 4.50. The molecule has 8 heteroatoms. The highest BCUT2D eigenvalue weighted by molar-refractivity contribution is 8.15. The number of nitrogens with zero attached hydrogens (tertiary/aromatic N) is 2. The molecule has 1 saturated heterocycles. The summed E-state index contributed by atoms with van der Waals surface area (Å²) >= 11 is 1.39. The molecule has 7 nitrogen and oxygen atoms in total. The molecule has 2 aromatic carbocycles. The standard InChI is InChI=1S/C26H31N3O4S/c1-16-9-11-20(17(2)13-16)28-26-29(18-7-5-6-8-18)25(31)23(34-26)15-24(30)27-21-12-10-19(32-3)14-22(21)33-4/h9-14,18,23H,5-8,15H2,1-4H3,(H,27,30). The maximum Gasteiger partial charge on any atom is 0.242 e. The fraction of sp³-hybridized carbons (Fsp3) is 0.423. The first-order valence-corrected chi connectivity index (χ1v) is 12.4. The van der Waals surface area contributed by atoms with Crippen LogP contribution in [-0.4, -0.2) is 47.4 Å². The lowest BCUT2D eigenvalue weighted by Gasteiger charge is -2.23. The summed E-state index contributed by atoms with van der Waals surface area (Å²) in [5.41, 5.74) is 3.64. The number of amides is 2. The molecule has 1 heterocycles. The third-order valence-corrected chi connectivity index (χ3v) is 7.43. The highest BCUT2D eigenvalue weighted by Gasteiger charge is 2.43. The van der Waals surface area contributed by atoms with Crippen LogP contribution in [0.1, 0.15) is 43.2 Å². The predicted octanol–water partition coefficient (Wildman–Crippen LogP) is 5.22. The Balaban J connectivity index is 1.54. The molecule has 0 bridgehead atoms. The van der Waals surface area contributed by atoms with Crippen molar-refractivity contribution < 1.29 is 19.1 Å². The van der Waals surface area contributed by atoms with Gasteiger partial charge in [0.05, 0.1) is 25.6 Å². The van der Waals surface area contributed by atoms with Crippen LogP contribution < -0.4 is 14.8 Å². The van der Waals surface area contributed by atoms with Crippen LogP contribution >= 0.6 is 11.8 Å². The summed E-state index contributed by atoms with van der Waals surface area (Å²) in [4.78, 5) is 33.1. The molecule has 1 saturated carbocycles. The SMILES string of the molecule is COc1ccc(NC(=O)CC2SC(=Nc3ccc(C)cc3C)N(C3CCCC3)C2=O)c(OC)c1. The molecule has 1 atom stereocenters. The van der Waals surface area contributed by atoms with Crippen molar-refractivity contribution in [3.63, 3.8) is 0 Å². The average Bonchev–Trinajstić information content (AvgIpc) is 3.44. The summed E-state index contributed by atoms with van der Waals surface area (Å²) in [7, 11) is 3.11. The van der Waals surface area contributed by atoms with Gasteiger partial charge in [-0.15, -0.1) is 0 Å². The fourth-order valence-corrected chi connectivity index (χ4v) is 5.70. The maximum absolute atomic E-state index is 13.4. The molecule has 4 rings (SSSR count). The summed E-state index contributed by atoms with van der Waals surface area (Å²) < 4.78 is 10.6. The molecule has 0 aromatic heterocycles. The molecule has 2 aliphatic rings. The first-order chi connectivity index (χ1) is 16.4. The Kier molecular flexibility index (Phi) is 7.46. The van der Waals surface area contributed by atoms with E-state index in [1.165, 1.54) is 24.4 Å². The van der Waals surface area contributed by atoms with Gasteiger partial charge in [0.25, 0.3) is 0 Å². The minimum atomic E-state index is -0.505. The van der Waals surface area contributed by atoms with Crippen molar-refractivity contribution >= 4 is 40.1 Å². The van der Waals surface area contributed by atoms with Crippen LogP contribution in [0, 0.1) is 13.8 Å². The summed E-state index contributed by atoms with van der Waals surface area (Å²) in [6.45, 7) is 4.08. The summed E-state index contributed by atoms with van der Waals surface area (Å²) in [5, 5.41) is 3.07. The van der Waals surface area contributed by atoms with E-state index in [9.17, 15) is 9.59 Å². The minimum absolute atomic E-state index is 0.0303. The first-order valence-electron chi connectivity index (χ1n) is 11.6. The largest absolute Gasteiger partial charge is 0.497 e. The Morgan fingerprint density at radius 3 is 2.56 bits per heavy atom. The molecule has 1 aliphatic carbocycles. The topological polar surface area (TPSA) is 80.2 Å². The predicted molar refractivity (Wildman–Crippen MR) is 136 cm³/mol. The van der Waals surface area contributed by atoms with Gasteiger partial charge in [-0.25, -0.2) is 4.99 Å². The zero-order chi connectivity index (χ0) is 24.2. The van der Waals surface area contributed by atoms with Crippen LogP contribution in [0.15, 0.2) is 41.4 Å². The number of hydrogen-bond donors (Lipinski definition) is 1. The van der Waals surface area contributed by atoms with Gasteiger partial charge in [-0.05, 0) is 50.5 Å². The summed E-state index contributed by atoms with van der Waals surface area (Å²) in [5.74, 6) is 0.865. The molecule has 180 valence electrons. The second-order valence-electron chi connectivity index (χ2n) is 8.76. The number of ether oxygens (including phenoxy) is 2. The molecule has 1 unspecified atom stereocenters. The summed E-state index contributed by atoms with van der Waals surface area (Å²) in [6.07, 6.45) is 4.23. The summed E-state index contributed by atoms with van der Waals surface area (Å²) in [6, 6.07) is 11.5. The zero-order valence-corrected chi connectivity index (χ0v) is 20.9. The smallest absolute Gasteiger partial charge is 0.242 e. The van der Waals surface area contributed by atoms with E-state index in [-0.39, 0.29) is 24.3 Å². The number of carbonyl (C=O) groups is 2. The second kappa shape index (κ2) is 10.5. The molecule has 0 spiro atoms. The third-order valence-electron chi connectivity index (χ3n) is 6.28. The van der Waals surface area contributed by atoms with Crippen molar-refractivity contribution in [1.82, 2.24) is 4.90 Å². The van der Waals surface area contributed by atoms with E-state index in [4.69, 9.17) is 14.5 Å². The van der Waals surface area contributed by atoms with Crippen molar-refractivity contribution in [2.75, 3.05) is 19.5 Å². The Morgan fingerprint density at radius 2 is 1.88 bits per heavy atom. The number of thioether (sulfide) groups is 1. The van der Waals surface area contributed by atoms with Gasteiger partial charge in [0, 0.05) is 18.5 Å². The number of aliphatic imine (C=N–C) groups is 1. The van der Waals surface area contributed by atoms with E-state index in [1.54, 1.807) is 25.3 Å². The molecule has 2 aromatic rings. The number of aryl methyl sites for hydroxylation is 2. The molecular formula is C26H31N3O4S. The monoisotopic (exact) mass is 481 g/mol. The van der Waals surface area contributed by atoms with Crippen LogP contribution in [0.3, 0.4) is 0 Å². The quantitative estimate of drug-likeness (QED) is 0.586. The highest BCUT2D eigenvalue weighted by atomic mass is 32.2. The molecule has 1 N–H and O–H groups in total. The lowest BCUT2D eigenvalue weighted by Crippen LogP contribution is -2.40. The van der Waals surface area contributed by atoms with Crippen molar-refractivity contribution in [3.8, 4) is 11.5 Å². The third kappa shape index (κ3) is 5.22. The van der Waals surface area contributed by atoms with E-state index in [2.05, 4.69) is 18.3 Å². The number of amidine groups is 1. The molecule has 1 aliphatic heterocycles. The van der Waals surface area contributed by atoms with E-state index in [0.29, 0.717) is 22.4 Å². The lowest BCUT2D eigenvalue weighted by atomic mass is 10.1. The molecule has 2 amide bonds. The Labute approximate surface area is 204 Å². The number of hydrogen-bond acceptors (Lipinski definition) is 6. The average molecular weight is 482 g/mol. The van der Waals surface area contributed by atoms with Crippen LogP contribution in [0.4, 0.5) is 11.4 Å². The van der Waals surface area contributed by atoms with E-state index in [0.717, 1.165) is 36.9 Å². The lowest BCUT2D eigenvalue weighted by molar-refractivity contribution is -0.129. The van der Waals surface area contributed by atoms with Crippen LogP contribution in [0.5, 0.6) is 11.5 Å². The maximum atomic E-state index is 13.4. The first kappa shape index (κ1) is 24.1. The van der Waals surface area contributed by atoms with Crippen molar-refractivity contribution in [2.45, 2.75) is 57.2 Å². The van der Waals surface area contributed by atoms with Gasteiger partial charge in [-0.1, -0.05) is 42.3 Å². The van der Waals surface area contributed by atoms with E-state index < -0.39 is 5.25 Å². The van der Waals surface area contributed by atoms with Gasteiger partial charge in [-0.3, -0.25) is 14.5 Å². The molecular weight excluding hydrogens is 450 g/mol. The van der Waals surface area contributed by atoms with Crippen LogP contribution in [0.25, 0.3) is 0 Å². The van der Waals surface area contributed by atoms with Gasteiger partial charge in [0.15, 0.2) is 5.17 Å². The zero-order valence-electron chi connectivity index (χ0n) is 20.1. The van der Waals surface area contributed by atoms with Crippen molar-refractivity contribution in [2.24, 2.45) is 4.99 Å². The number of benzene rings is 2. The Hall–Kier alpha value is -3.00. The molecule has 0 radical (unpaired) electrons. The molecule has 34 heavy (non-hydrogen) atoms. The van der Waals surface area contributed by atoms with Gasteiger partial charge >= 0.3 is 0 Å². The van der Waals surface area contributed by atoms with Gasteiger partial charge in [-0.2, -0.15) is 0 Å². The Morgan fingerprint density at radius 1 is 1.12 bits per heavy atom. The van der Waals surface area contributed by atoms with Crippen molar-refractivity contribution in [3.05, 3.63) is 47.5 Å². The number of carbonyl (C=O) groups excluding carboxylic acids is 2. The van der Waals surface area contributed by atoms with Gasteiger partial charge < -0.3 is 14.8 Å². The normalized spacial score (nSPS) is 19.6. The number of anilines is 1. The number of nitrogens with one attached hydrogen (secondary N) is 1. The second-order valence-corrected chi connectivity index (χ2v) is 9.93.